The summed E-state index contributed by atoms with van der Waals surface area (Å²) in [6.07, 6.45) is 7.22. The Labute approximate surface area is 142 Å². The highest BCUT2D eigenvalue weighted by atomic mass is 16.4. The molecule has 2 aromatic rings. The number of likely N-dealkylation sites (tertiary alicyclic amines) is 1. The van der Waals surface area contributed by atoms with Crippen LogP contribution in [0.1, 0.15) is 41.0 Å². The van der Waals surface area contributed by atoms with E-state index >= 15 is 0 Å². The molecule has 1 aliphatic rings. The van der Waals surface area contributed by atoms with E-state index in [4.69, 9.17) is 5.21 Å². The highest BCUT2D eigenvalue weighted by molar-refractivity contribution is 5.84. The van der Waals surface area contributed by atoms with Gasteiger partial charge >= 0.3 is 0 Å². The number of rotatable bonds is 4. The molecule has 2 heterocycles. The summed E-state index contributed by atoms with van der Waals surface area (Å²) in [7, 11) is 0. The zero-order valence-electron chi connectivity index (χ0n) is 13.9. The molecule has 126 valence electrons. The standard InChI is InChI=1S/C19H23N3O2/c1-14-10-17(12-21-24)19(23)18(11-14)13-22-8-4-16(5-9-22)15-2-6-20-7-3-15/h2-3,6-7,10-12,16,23-24H,4-5,8-9,13H2,1H3/b21-12+. The van der Waals surface area contributed by atoms with Crippen LogP contribution in [0, 0.1) is 6.92 Å². The van der Waals surface area contributed by atoms with Crippen LogP contribution in [0.4, 0.5) is 0 Å². The largest absolute Gasteiger partial charge is 0.507 e. The van der Waals surface area contributed by atoms with Crippen LogP contribution in [0.25, 0.3) is 0 Å². The average molecular weight is 325 g/mol. The van der Waals surface area contributed by atoms with E-state index in [2.05, 4.69) is 27.2 Å². The maximum absolute atomic E-state index is 10.4. The zero-order valence-corrected chi connectivity index (χ0v) is 13.9. The van der Waals surface area contributed by atoms with Crippen molar-refractivity contribution in [2.75, 3.05) is 13.1 Å². The lowest BCUT2D eigenvalue weighted by Crippen LogP contribution is -2.32. The number of piperidine rings is 1. The summed E-state index contributed by atoms with van der Waals surface area (Å²) in [5.41, 5.74) is 3.85. The molecule has 1 aromatic heterocycles. The first-order valence-corrected chi connectivity index (χ1v) is 8.29. The van der Waals surface area contributed by atoms with Gasteiger partial charge in [0.2, 0.25) is 0 Å². The van der Waals surface area contributed by atoms with Crippen molar-refractivity contribution in [3.05, 3.63) is 58.9 Å². The minimum Gasteiger partial charge on any atom is -0.507 e. The smallest absolute Gasteiger partial charge is 0.128 e. The molecule has 0 saturated carbocycles. The first-order valence-electron chi connectivity index (χ1n) is 8.29. The van der Waals surface area contributed by atoms with Crippen molar-refractivity contribution in [2.24, 2.45) is 5.16 Å². The molecular formula is C19H23N3O2. The van der Waals surface area contributed by atoms with Gasteiger partial charge in [-0.1, -0.05) is 11.2 Å². The molecule has 1 aliphatic heterocycles. The first-order chi connectivity index (χ1) is 11.7. The highest BCUT2D eigenvalue weighted by Gasteiger charge is 2.21. The van der Waals surface area contributed by atoms with E-state index in [-0.39, 0.29) is 5.75 Å². The van der Waals surface area contributed by atoms with E-state index in [9.17, 15) is 5.11 Å². The maximum Gasteiger partial charge on any atom is 0.128 e. The molecule has 0 aliphatic carbocycles. The number of aromatic nitrogens is 1. The number of pyridine rings is 1. The van der Waals surface area contributed by atoms with Crippen LogP contribution >= 0.6 is 0 Å². The van der Waals surface area contributed by atoms with Crippen LogP contribution in [0.5, 0.6) is 5.75 Å². The molecular weight excluding hydrogens is 302 g/mol. The van der Waals surface area contributed by atoms with Gasteiger partial charge in [0.1, 0.15) is 5.75 Å². The molecule has 24 heavy (non-hydrogen) atoms. The van der Waals surface area contributed by atoms with Crippen molar-refractivity contribution in [1.29, 1.82) is 0 Å². The number of phenols is 1. The third-order valence-electron chi connectivity index (χ3n) is 4.72. The van der Waals surface area contributed by atoms with Crippen LogP contribution < -0.4 is 0 Å². The van der Waals surface area contributed by atoms with Gasteiger partial charge in [0.25, 0.3) is 0 Å². The van der Waals surface area contributed by atoms with E-state index in [1.54, 1.807) is 0 Å². The summed E-state index contributed by atoms with van der Waals surface area (Å²) < 4.78 is 0. The fraction of sp³-hybridized carbons (Fsp3) is 0.368. The number of oxime groups is 1. The Morgan fingerprint density at radius 2 is 1.96 bits per heavy atom. The molecule has 0 atom stereocenters. The average Bonchev–Trinajstić information content (AvgIpc) is 2.60. The lowest BCUT2D eigenvalue weighted by Gasteiger charge is -2.32. The minimum absolute atomic E-state index is 0.203. The van der Waals surface area contributed by atoms with Crippen molar-refractivity contribution in [1.82, 2.24) is 9.88 Å². The topological polar surface area (TPSA) is 69.0 Å². The Kier molecular flexibility index (Phi) is 5.11. The predicted molar refractivity (Wildman–Crippen MR) is 93.7 cm³/mol. The number of nitrogens with zero attached hydrogens (tertiary/aromatic N) is 3. The van der Waals surface area contributed by atoms with E-state index in [1.807, 2.05) is 31.5 Å². The van der Waals surface area contributed by atoms with Crippen molar-refractivity contribution < 1.29 is 10.3 Å². The zero-order chi connectivity index (χ0) is 16.9. The fourth-order valence-corrected chi connectivity index (χ4v) is 3.47. The summed E-state index contributed by atoms with van der Waals surface area (Å²) in [6, 6.07) is 8.02. The molecule has 1 saturated heterocycles. The summed E-state index contributed by atoms with van der Waals surface area (Å²) in [6.45, 7) is 4.70. The molecule has 2 N–H and O–H groups in total. The molecule has 5 nitrogen and oxygen atoms in total. The van der Waals surface area contributed by atoms with Crippen molar-refractivity contribution in [3.63, 3.8) is 0 Å². The van der Waals surface area contributed by atoms with Gasteiger partial charge < -0.3 is 10.3 Å². The van der Waals surface area contributed by atoms with E-state index < -0.39 is 0 Å². The maximum atomic E-state index is 10.4. The molecule has 0 radical (unpaired) electrons. The first kappa shape index (κ1) is 16.5. The van der Waals surface area contributed by atoms with Crippen LogP contribution in [0.15, 0.2) is 41.8 Å². The molecule has 0 amide bonds. The van der Waals surface area contributed by atoms with Gasteiger partial charge in [0.15, 0.2) is 0 Å². The van der Waals surface area contributed by atoms with Gasteiger partial charge in [-0.25, -0.2) is 0 Å². The number of benzene rings is 1. The van der Waals surface area contributed by atoms with Gasteiger partial charge in [0, 0.05) is 30.1 Å². The normalized spacial score (nSPS) is 16.7. The lowest BCUT2D eigenvalue weighted by molar-refractivity contribution is 0.202. The number of hydrogen-bond acceptors (Lipinski definition) is 5. The quantitative estimate of drug-likeness (QED) is 0.514. The van der Waals surface area contributed by atoms with E-state index in [1.165, 1.54) is 11.8 Å². The molecule has 0 bridgehead atoms. The number of aryl methyl sites for hydroxylation is 1. The van der Waals surface area contributed by atoms with Crippen LogP contribution in [0.2, 0.25) is 0 Å². The second-order valence-corrected chi connectivity index (χ2v) is 6.44. The Balaban J connectivity index is 1.66. The van der Waals surface area contributed by atoms with Crippen LogP contribution in [0.3, 0.4) is 0 Å². The second-order valence-electron chi connectivity index (χ2n) is 6.44. The fourth-order valence-electron chi connectivity index (χ4n) is 3.47. The van der Waals surface area contributed by atoms with Gasteiger partial charge in [0.05, 0.1) is 6.21 Å². The predicted octanol–water partition coefficient (Wildman–Crippen LogP) is 3.28. The Morgan fingerprint density at radius 3 is 2.62 bits per heavy atom. The number of hydrogen-bond donors (Lipinski definition) is 2. The Morgan fingerprint density at radius 1 is 1.25 bits per heavy atom. The third-order valence-corrected chi connectivity index (χ3v) is 4.72. The Bertz CT molecular complexity index is 708. The minimum atomic E-state index is 0.203. The van der Waals surface area contributed by atoms with Gasteiger partial charge in [-0.3, -0.25) is 9.88 Å². The summed E-state index contributed by atoms with van der Waals surface area (Å²) in [4.78, 5) is 6.45. The second kappa shape index (κ2) is 7.45. The van der Waals surface area contributed by atoms with Gasteiger partial charge in [-0.15, -0.1) is 0 Å². The Hall–Kier alpha value is -2.40. The van der Waals surface area contributed by atoms with Crippen molar-refractivity contribution in [3.8, 4) is 5.75 Å². The van der Waals surface area contributed by atoms with Gasteiger partial charge in [-0.2, -0.15) is 0 Å². The van der Waals surface area contributed by atoms with Gasteiger partial charge in [-0.05, 0) is 68.1 Å². The highest BCUT2D eigenvalue weighted by Crippen LogP contribution is 2.30. The number of phenolic OH excluding ortho intramolecular Hbond substituents is 1. The number of aromatic hydroxyl groups is 1. The van der Waals surface area contributed by atoms with Crippen molar-refractivity contribution in [2.45, 2.75) is 32.2 Å². The molecule has 3 rings (SSSR count). The molecule has 1 aromatic carbocycles. The third kappa shape index (κ3) is 3.74. The van der Waals surface area contributed by atoms with E-state index in [0.29, 0.717) is 18.0 Å². The van der Waals surface area contributed by atoms with Crippen LogP contribution in [-0.4, -0.2) is 39.5 Å². The van der Waals surface area contributed by atoms with Crippen molar-refractivity contribution >= 4 is 6.21 Å². The summed E-state index contributed by atoms with van der Waals surface area (Å²) in [5.74, 6) is 0.794. The molecule has 0 unspecified atom stereocenters. The lowest BCUT2D eigenvalue weighted by atomic mass is 9.90. The summed E-state index contributed by atoms with van der Waals surface area (Å²) >= 11 is 0. The monoisotopic (exact) mass is 325 g/mol. The SMILES string of the molecule is Cc1cc(/C=N/O)c(O)c(CN2CCC(c3ccncc3)CC2)c1. The van der Waals surface area contributed by atoms with Crippen LogP contribution in [-0.2, 0) is 6.54 Å². The molecule has 1 fully saturated rings. The van der Waals surface area contributed by atoms with E-state index in [0.717, 1.165) is 37.1 Å². The molecule has 0 spiro atoms. The summed E-state index contributed by atoms with van der Waals surface area (Å²) in [5, 5.41) is 22.1. The molecule has 5 heteroatoms.